The fourth-order valence-electron chi connectivity index (χ4n) is 2.96. The maximum atomic E-state index is 12.9. The predicted octanol–water partition coefficient (Wildman–Crippen LogP) is 4.66. The molecule has 1 aliphatic heterocycles. The van der Waals surface area contributed by atoms with Gasteiger partial charge in [0.15, 0.2) is 0 Å². The van der Waals surface area contributed by atoms with Crippen LogP contribution in [0.4, 0.5) is 8.78 Å². The van der Waals surface area contributed by atoms with E-state index in [1.807, 2.05) is 39.0 Å². The number of aryl methyl sites for hydroxylation is 1. The number of alkyl halides is 2. The highest BCUT2D eigenvalue weighted by Crippen LogP contribution is 2.25. The van der Waals surface area contributed by atoms with Crippen LogP contribution in [-0.2, 0) is 23.8 Å². The lowest BCUT2D eigenvalue weighted by Gasteiger charge is -2.29. The van der Waals surface area contributed by atoms with Crippen molar-refractivity contribution in [3.8, 4) is 6.07 Å². The van der Waals surface area contributed by atoms with Crippen molar-refractivity contribution in [3.63, 3.8) is 0 Å². The molecule has 7 heteroatoms. The molecule has 154 valence electrons. The molecule has 1 aromatic carbocycles. The van der Waals surface area contributed by atoms with Gasteiger partial charge in [-0.15, -0.1) is 0 Å². The minimum Gasteiger partial charge on any atom is -0.363 e. The van der Waals surface area contributed by atoms with Gasteiger partial charge in [-0.3, -0.25) is 9.11 Å². The van der Waals surface area contributed by atoms with Crippen molar-refractivity contribution < 1.29 is 13.0 Å². The molecule has 1 aliphatic rings. The Bertz CT molecular complexity index is 822. The minimum atomic E-state index is -2.67. The van der Waals surface area contributed by atoms with Crippen molar-refractivity contribution in [1.82, 2.24) is 9.88 Å². The van der Waals surface area contributed by atoms with Crippen LogP contribution in [0.25, 0.3) is 0 Å². The van der Waals surface area contributed by atoms with Crippen molar-refractivity contribution in [3.05, 3.63) is 52.8 Å². The van der Waals surface area contributed by atoms with E-state index >= 15 is 0 Å². The molecule has 28 heavy (non-hydrogen) atoms. The van der Waals surface area contributed by atoms with Crippen molar-refractivity contribution >= 4 is 10.8 Å². The molecule has 0 saturated heterocycles. The SMILES string of the molecule is CC.CS(=O)c1c[nH]c2c1CCN(CC(C)(F)F)C2.Cc1cccc(C#N)c1. The molecule has 0 amide bonds. The van der Waals surface area contributed by atoms with Gasteiger partial charge in [0.1, 0.15) is 0 Å². The van der Waals surface area contributed by atoms with E-state index in [1.165, 1.54) is 0 Å². The van der Waals surface area contributed by atoms with Crippen LogP contribution in [0.5, 0.6) is 0 Å². The first-order chi connectivity index (χ1) is 13.2. The second-order valence-electron chi connectivity index (χ2n) is 6.58. The zero-order chi connectivity index (χ0) is 21.3. The average Bonchev–Trinajstić information content (AvgIpc) is 3.06. The van der Waals surface area contributed by atoms with Crippen LogP contribution in [0.1, 0.15) is 43.2 Å². The highest BCUT2D eigenvalue weighted by Gasteiger charge is 2.29. The number of fused-ring (bicyclic) bond motifs is 1. The van der Waals surface area contributed by atoms with Gasteiger partial charge < -0.3 is 4.98 Å². The lowest BCUT2D eigenvalue weighted by molar-refractivity contribution is -0.0182. The van der Waals surface area contributed by atoms with E-state index in [-0.39, 0.29) is 6.54 Å². The third-order valence-corrected chi connectivity index (χ3v) is 5.04. The molecule has 3 rings (SSSR count). The molecule has 1 N–H and O–H groups in total. The van der Waals surface area contributed by atoms with Crippen LogP contribution in [-0.4, -0.2) is 39.4 Å². The van der Waals surface area contributed by atoms with Gasteiger partial charge in [0.2, 0.25) is 0 Å². The van der Waals surface area contributed by atoms with E-state index in [2.05, 4.69) is 11.1 Å². The van der Waals surface area contributed by atoms with E-state index in [0.717, 1.165) is 34.2 Å². The first-order valence-electron chi connectivity index (χ1n) is 9.29. The zero-order valence-electron chi connectivity index (χ0n) is 17.2. The summed E-state index contributed by atoms with van der Waals surface area (Å²) in [4.78, 5) is 5.58. The molecular weight excluding hydrogens is 380 g/mol. The summed E-state index contributed by atoms with van der Waals surface area (Å²) in [6, 6.07) is 9.58. The average molecular weight is 410 g/mol. The fourth-order valence-corrected chi connectivity index (χ4v) is 3.76. The predicted molar refractivity (Wildman–Crippen MR) is 110 cm³/mol. The van der Waals surface area contributed by atoms with Gasteiger partial charge >= 0.3 is 0 Å². The molecule has 4 nitrogen and oxygen atoms in total. The molecule has 0 aliphatic carbocycles. The number of nitriles is 1. The summed E-state index contributed by atoms with van der Waals surface area (Å²) in [7, 11) is -1.02. The smallest absolute Gasteiger partial charge is 0.257 e. The van der Waals surface area contributed by atoms with Crippen molar-refractivity contribution in [2.75, 3.05) is 19.3 Å². The quantitative estimate of drug-likeness (QED) is 0.802. The third-order valence-electron chi connectivity index (χ3n) is 4.06. The van der Waals surface area contributed by atoms with E-state index < -0.39 is 16.7 Å². The number of H-pyrrole nitrogens is 1. The van der Waals surface area contributed by atoms with Crippen LogP contribution >= 0.6 is 0 Å². The van der Waals surface area contributed by atoms with Crippen molar-refractivity contribution in [2.45, 2.75) is 51.5 Å². The molecular formula is C21H29F2N3OS. The van der Waals surface area contributed by atoms with Gasteiger partial charge in [-0.1, -0.05) is 26.0 Å². The number of nitrogens with zero attached hydrogens (tertiary/aromatic N) is 2. The fraction of sp³-hybridized carbons (Fsp3) is 0.476. The number of aromatic amines is 1. The molecule has 2 aromatic rings. The third kappa shape index (κ3) is 7.53. The van der Waals surface area contributed by atoms with Gasteiger partial charge in [-0.2, -0.15) is 5.26 Å². The molecule has 1 unspecified atom stereocenters. The van der Waals surface area contributed by atoms with Crippen LogP contribution in [0, 0.1) is 18.3 Å². The molecule has 0 radical (unpaired) electrons. The molecule has 0 saturated carbocycles. The molecule has 2 heterocycles. The highest BCUT2D eigenvalue weighted by molar-refractivity contribution is 7.84. The number of hydrogen-bond acceptors (Lipinski definition) is 3. The minimum absolute atomic E-state index is 0.226. The first kappa shape index (κ1) is 24.0. The Morgan fingerprint density at radius 1 is 1.36 bits per heavy atom. The zero-order valence-corrected chi connectivity index (χ0v) is 18.0. The Kier molecular flexibility index (Phi) is 9.50. The maximum absolute atomic E-state index is 12.9. The lowest BCUT2D eigenvalue weighted by Crippen LogP contribution is -2.38. The summed E-state index contributed by atoms with van der Waals surface area (Å²) < 4.78 is 37.3. The second kappa shape index (κ2) is 11.1. The van der Waals surface area contributed by atoms with Crippen LogP contribution in [0.3, 0.4) is 0 Å². The number of hydrogen-bond donors (Lipinski definition) is 1. The summed E-state index contributed by atoms with van der Waals surface area (Å²) in [6.45, 7) is 7.76. The lowest BCUT2D eigenvalue weighted by atomic mass is 10.1. The van der Waals surface area contributed by atoms with Gasteiger partial charge in [-0.25, -0.2) is 8.78 Å². The van der Waals surface area contributed by atoms with Gasteiger partial charge in [0, 0.05) is 38.2 Å². The van der Waals surface area contributed by atoms with Crippen molar-refractivity contribution in [2.24, 2.45) is 0 Å². The number of aromatic nitrogens is 1. The summed E-state index contributed by atoms with van der Waals surface area (Å²) in [5.41, 5.74) is 3.83. The highest BCUT2D eigenvalue weighted by atomic mass is 32.2. The molecule has 1 atom stereocenters. The number of benzene rings is 1. The van der Waals surface area contributed by atoms with Gasteiger partial charge in [0.25, 0.3) is 5.92 Å². The Hall–Kier alpha value is -2.04. The molecule has 1 aromatic heterocycles. The number of rotatable bonds is 3. The largest absolute Gasteiger partial charge is 0.363 e. The second-order valence-corrected chi connectivity index (χ2v) is 7.92. The van der Waals surface area contributed by atoms with E-state index in [1.54, 1.807) is 23.4 Å². The summed E-state index contributed by atoms with van der Waals surface area (Å²) in [5.74, 6) is -2.67. The van der Waals surface area contributed by atoms with Gasteiger partial charge in [-0.05, 0) is 36.6 Å². The standard InChI is InChI=1S/C11H16F2N2OS.C8H7N.C2H6/c1-11(12,13)7-15-4-3-8-9(6-15)14-5-10(8)17(2)16;1-7-3-2-4-8(5-7)6-9;1-2/h5,14H,3-4,6-7H2,1-2H3;2-5H,1H3;1-2H3. The Morgan fingerprint density at radius 3 is 2.54 bits per heavy atom. The van der Waals surface area contributed by atoms with Crippen LogP contribution in [0.15, 0.2) is 35.4 Å². The Morgan fingerprint density at radius 2 is 2.04 bits per heavy atom. The van der Waals surface area contributed by atoms with E-state index in [0.29, 0.717) is 19.5 Å². The number of halogens is 2. The van der Waals surface area contributed by atoms with Crippen molar-refractivity contribution in [1.29, 1.82) is 5.26 Å². The van der Waals surface area contributed by atoms with E-state index in [9.17, 15) is 13.0 Å². The maximum Gasteiger partial charge on any atom is 0.257 e. The summed E-state index contributed by atoms with van der Waals surface area (Å²) >= 11 is 0. The summed E-state index contributed by atoms with van der Waals surface area (Å²) in [6.07, 6.45) is 4.05. The molecule has 0 bridgehead atoms. The van der Waals surface area contributed by atoms with E-state index in [4.69, 9.17) is 5.26 Å². The Balaban J connectivity index is 0.000000301. The molecule has 0 spiro atoms. The van der Waals surface area contributed by atoms with Crippen LogP contribution in [0.2, 0.25) is 0 Å². The topological polar surface area (TPSA) is 59.9 Å². The summed E-state index contributed by atoms with van der Waals surface area (Å²) in [5, 5.41) is 8.41. The van der Waals surface area contributed by atoms with Gasteiger partial charge in [0.05, 0.1) is 33.9 Å². The normalized spacial score (nSPS) is 14.5. The number of nitrogens with one attached hydrogen (secondary N) is 1. The molecule has 0 fully saturated rings. The monoisotopic (exact) mass is 409 g/mol. The Labute approximate surface area is 169 Å². The van der Waals surface area contributed by atoms with Crippen LogP contribution < -0.4 is 0 Å². The first-order valence-corrected chi connectivity index (χ1v) is 10.8.